The van der Waals surface area contributed by atoms with Crippen molar-refractivity contribution in [2.75, 3.05) is 0 Å². The van der Waals surface area contributed by atoms with Crippen molar-refractivity contribution >= 4 is 43.7 Å². The van der Waals surface area contributed by atoms with E-state index in [1.807, 2.05) is 60.7 Å². The number of hydrogen-bond acceptors (Lipinski definition) is 4. The molecule has 0 bridgehead atoms. The summed E-state index contributed by atoms with van der Waals surface area (Å²) in [5, 5.41) is 4.52. The van der Waals surface area contributed by atoms with Crippen LogP contribution in [0, 0.1) is 0 Å². The Kier molecular flexibility index (Phi) is 7.42. The Morgan fingerprint density at radius 1 is 0.339 bits per heavy atom. The smallest absolute Gasteiger partial charge is 0.164 e. The Bertz CT molecular complexity index is 3110. The Labute approximate surface area is 322 Å². The summed E-state index contributed by atoms with van der Waals surface area (Å²) in [4.78, 5) is 14.9. The molecule has 8 aromatic carbocycles. The number of aromatic nitrogens is 4. The molecule has 3 heterocycles. The minimum Gasteiger partial charge on any atom is -0.456 e. The predicted octanol–water partition coefficient (Wildman–Crippen LogP) is 13.2. The van der Waals surface area contributed by atoms with Crippen LogP contribution in [-0.4, -0.2) is 19.5 Å². The Morgan fingerprint density at radius 3 is 1.39 bits per heavy atom. The van der Waals surface area contributed by atoms with E-state index < -0.39 is 0 Å². The van der Waals surface area contributed by atoms with Crippen LogP contribution in [0.25, 0.3) is 106 Å². The standard InChI is InChI=1S/C51H32N4O/c1-4-14-33(15-5-1)34-24-26-35(27-25-34)43-31-39(55-44-22-12-10-20-40(44)41-21-11-13-23-45(41)55)32-47-48(43)42-29-28-38(30-46(42)56-47)51-53-49(36-16-6-2-7-17-36)52-50(54-51)37-18-8-3-9-19-37/h1-32H. The Balaban J connectivity index is 1.13. The highest BCUT2D eigenvalue weighted by atomic mass is 16.3. The number of benzene rings is 8. The lowest BCUT2D eigenvalue weighted by atomic mass is 9.96. The first-order valence-corrected chi connectivity index (χ1v) is 18.8. The van der Waals surface area contributed by atoms with E-state index in [0.717, 1.165) is 66.5 Å². The summed E-state index contributed by atoms with van der Waals surface area (Å²) in [6, 6.07) is 67.5. The van der Waals surface area contributed by atoms with Crippen molar-refractivity contribution in [2.24, 2.45) is 0 Å². The fourth-order valence-electron chi connectivity index (χ4n) is 8.00. The number of rotatable bonds is 6. The average Bonchev–Trinajstić information content (AvgIpc) is 3.82. The van der Waals surface area contributed by atoms with Gasteiger partial charge < -0.3 is 8.98 Å². The zero-order valence-electron chi connectivity index (χ0n) is 30.2. The normalized spacial score (nSPS) is 11.6. The number of fused-ring (bicyclic) bond motifs is 6. The molecule has 56 heavy (non-hydrogen) atoms. The molecule has 11 aromatic rings. The molecule has 0 aliphatic carbocycles. The van der Waals surface area contributed by atoms with Crippen molar-refractivity contribution in [3.63, 3.8) is 0 Å². The highest BCUT2D eigenvalue weighted by Crippen LogP contribution is 2.42. The summed E-state index contributed by atoms with van der Waals surface area (Å²) < 4.78 is 9.23. The number of furan rings is 1. The minimum absolute atomic E-state index is 0.586. The molecule has 0 saturated heterocycles. The van der Waals surface area contributed by atoms with Crippen LogP contribution in [0.2, 0.25) is 0 Å². The molecule has 262 valence electrons. The fraction of sp³-hybridized carbons (Fsp3) is 0. The lowest BCUT2D eigenvalue weighted by Crippen LogP contribution is -2.00. The van der Waals surface area contributed by atoms with E-state index in [4.69, 9.17) is 19.4 Å². The summed E-state index contributed by atoms with van der Waals surface area (Å²) in [5.41, 5.74) is 12.2. The lowest BCUT2D eigenvalue weighted by Gasteiger charge is -2.12. The maximum absolute atomic E-state index is 6.88. The van der Waals surface area contributed by atoms with Gasteiger partial charge in [-0.25, -0.2) is 15.0 Å². The van der Waals surface area contributed by atoms with Gasteiger partial charge in [-0.2, -0.15) is 0 Å². The van der Waals surface area contributed by atoms with Gasteiger partial charge in [-0.1, -0.05) is 158 Å². The van der Waals surface area contributed by atoms with Crippen molar-refractivity contribution in [1.29, 1.82) is 0 Å². The van der Waals surface area contributed by atoms with E-state index in [1.54, 1.807) is 0 Å². The SMILES string of the molecule is c1ccc(-c2ccc(-c3cc(-n4c5ccccc5c5ccccc54)cc4oc5cc(-c6nc(-c7ccccc7)nc(-c7ccccc7)n6)ccc5c34)cc2)cc1. The van der Waals surface area contributed by atoms with E-state index >= 15 is 0 Å². The van der Waals surface area contributed by atoms with Crippen LogP contribution in [0.1, 0.15) is 0 Å². The first-order valence-electron chi connectivity index (χ1n) is 18.8. The molecule has 0 radical (unpaired) electrons. The zero-order chi connectivity index (χ0) is 37.0. The van der Waals surface area contributed by atoms with Gasteiger partial charge in [0, 0.05) is 44.3 Å². The second-order valence-corrected chi connectivity index (χ2v) is 14.0. The summed E-state index contributed by atoms with van der Waals surface area (Å²) in [5.74, 6) is 1.83. The van der Waals surface area contributed by atoms with Gasteiger partial charge in [0.15, 0.2) is 17.5 Å². The highest BCUT2D eigenvalue weighted by molar-refractivity contribution is 6.15. The molecule has 0 saturated carbocycles. The molecule has 0 unspecified atom stereocenters. The van der Waals surface area contributed by atoms with Gasteiger partial charge in [-0.15, -0.1) is 0 Å². The second kappa shape index (κ2) is 13.0. The van der Waals surface area contributed by atoms with Crippen LogP contribution in [0.3, 0.4) is 0 Å². The molecule has 11 rings (SSSR count). The minimum atomic E-state index is 0.586. The fourth-order valence-corrected chi connectivity index (χ4v) is 8.00. The predicted molar refractivity (Wildman–Crippen MR) is 229 cm³/mol. The summed E-state index contributed by atoms with van der Waals surface area (Å²) in [7, 11) is 0. The maximum Gasteiger partial charge on any atom is 0.164 e. The van der Waals surface area contributed by atoms with E-state index in [1.165, 1.54) is 21.9 Å². The van der Waals surface area contributed by atoms with E-state index in [0.29, 0.717) is 17.5 Å². The van der Waals surface area contributed by atoms with Crippen molar-refractivity contribution in [3.05, 3.63) is 194 Å². The third-order valence-electron chi connectivity index (χ3n) is 10.7. The monoisotopic (exact) mass is 716 g/mol. The molecule has 3 aromatic heterocycles. The molecular weight excluding hydrogens is 685 g/mol. The van der Waals surface area contributed by atoms with Gasteiger partial charge in [0.1, 0.15) is 11.2 Å². The molecular formula is C51H32N4O. The number of hydrogen-bond donors (Lipinski definition) is 0. The molecule has 0 amide bonds. The third-order valence-corrected chi connectivity index (χ3v) is 10.7. The average molecular weight is 717 g/mol. The summed E-state index contributed by atoms with van der Waals surface area (Å²) in [6.45, 7) is 0. The van der Waals surface area contributed by atoms with Gasteiger partial charge >= 0.3 is 0 Å². The largest absolute Gasteiger partial charge is 0.456 e. The highest BCUT2D eigenvalue weighted by Gasteiger charge is 2.20. The van der Waals surface area contributed by atoms with Crippen LogP contribution in [0.15, 0.2) is 199 Å². The molecule has 0 atom stereocenters. The van der Waals surface area contributed by atoms with Crippen LogP contribution < -0.4 is 0 Å². The van der Waals surface area contributed by atoms with Gasteiger partial charge in [0.25, 0.3) is 0 Å². The summed E-state index contributed by atoms with van der Waals surface area (Å²) >= 11 is 0. The van der Waals surface area contributed by atoms with Crippen molar-refractivity contribution < 1.29 is 4.42 Å². The van der Waals surface area contributed by atoms with Gasteiger partial charge in [-0.3, -0.25) is 0 Å². The van der Waals surface area contributed by atoms with Crippen LogP contribution in [0.5, 0.6) is 0 Å². The maximum atomic E-state index is 6.88. The Morgan fingerprint density at radius 2 is 0.804 bits per heavy atom. The topological polar surface area (TPSA) is 56.7 Å². The lowest BCUT2D eigenvalue weighted by molar-refractivity contribution is 0.669. The van der Waals surface area contributed by atoms with E-state index in [-0.39, 0.29) is 0 Å². The van der Waals surface area contributed by atoms with Crippen molar-refractivity contribution in [3.8, 4) is 62.1 Å². The quantitative estimate of drug-likeness (QED) is 0.172. The van der Waals surface area contributed by atoms with Crippen LogP contribution in [0.4, 0.5) is 0 Å². The first-order chi connectivity index (χ1) is 27.7. The van der Waals surface area contributed by atoms with Crippen molar-refractivity contribution in [1.82, 2.24) is 19.5 Å². The molecule has 0 aliphatic rings. The zero-order valence-corrected chi connectivity index (χ0v) is 30.2. The van der Waals surface area contributed by atoms with E-state index in [2.05, 4.69) is 138 Å². The number of nitrogens with zero attached hydrogens (tertiary/aromatic N) is 4. The van der Waals surface area contributed by atoms with Gasteiger partial charge in [0.2, 0.25) is 0 Å². The molecule has 0 aliphatic heterocycles. The molecule has 5 nitrogen and oxygen atoms in total. The van der Waals surface area contributed by atoms with Gasteiger partial charge in [0.05, 0.1) is 16.7 Å². The second-order valence-electron chi connectivity index (χ2n) is 14.0. The van der Waals surface area contributed by atoms with Crippen LogP contribution >= 0.6 is 0 Å². The molecule has 0 N–H and O–H groups in total. The van der Waals surface area contributed by atoms with E-state index in [9.17, 15) is 0 Å². The van der Waals surface area contributed by atoms with Crippen LogP contribution in [-0.2, 0) is 0 Å². The van der Waals surface area contributed by atoms with Crippen molar-refractivity contribution in [2.45, 2.75) is 0 Å². The molecule has 5 heteroatoms. The first kappa shape index (κ1) is 31.9. The molecule has 0 fully saturated rings. The van der Waals surface area contributed by atoms with Gasteiger partial charge in [-0.05, 0) is 52.6 Å². The Hall–Kier alpha value is -7.63. The summed E-state index contributed by atoms with van der Waals surface area (Å²) in [6.07, 6.45) is 0. The molecule has 0 spiro atoms. The third kappa shape index (κ3) is 5.37. The number of para-hydroxylation sites is 2.